The molecule has 0 amide bonds. The van der Waals surface area contributed by atoms with Gasteiger partial charge in [-0.3, -0.25) is 0 Å². The summed E-state index contributed by atoms with van der Waals surface area (Å²) in [6.07, 6.45) is 9.81. The molecule has 0 aliphatic heterocycles. The van der Waals surface area contributed by atoms with Crippen LogP contribution in [-0.4, -0.2) is 0 Å². The van der Waals surface area contributed by atoms with E-state index in [0.29, 0.717) is 0 Å². The quantitative estimate of drug-likeness (QED) is 0.561. The third-order valence-electron chi connectivity index (χ3n) is 7.55. The van der Waals surface area contributed by atoms with Gasteiger partial charge >= 0.3 is 0 Å². The van der Waals surface area contributed by atoms with E-state index in [2.05, 4.69) is 6.92 Å². The SMILES string of the molecule is CC12CC3CC4C5CC(CC41)CC2C5C3. The summed E-state index contributed by atoms with van der Waals surface area (Å²) in [4.78, 5) is 0. The third kappa shape index (κ3) is 0.718. The van der Waals surface area contributed by atoms with E-state index in [1.54, 1.807) is 38.5 Å². The molecular weight excluding hydrogens is 180 g/mol. The maximum absolute atomic E-state index is 2.69. The van der Waals surface area contributed by atoms with Crippen LogP contribution in [0.15, 0.2) is 0 Å². The highest BCUT2D eigenvalue weighted by Crippen LogP contribution is 2.75. The molecule has 82 valence electrons. The van der Waals surface area contributed by atoms with E-state index >= 15 is 0 Å². The molecule has 0 radical (unpaired) electrons. The van der Waals surface area contributed by atoms with Gasteiger partial charge in [0, 0.05) is 0 Å². The Morgan fingerprint density at radius 3 is 2.00 bits per heavy atom. The molecule has 4 unspecified atom stereocenters. The number of hydrogen-bond donors (Lipinski definition) is 0. The first kappa shape index (κ1) is 8.14. The molecule has 0 nitrogen and oxygen atoms in total. The molecule has 0 heteroatoms. The monoisotopic (exact) mass is 202 g/mol. The molecule has 4 atom stereocenters. The van der Waals surface area contributed by atoms with Crippen molar-refractivity contribution in [1.29, 1.82) is 0 Å². The van der Waals surface area contributed by atoms with Crippen molar-refractivity contribution in [1.82, 2.24) is 0 Å². The summed E-state index contributed by atoms with van der Waals surface area (Å²) in [6, 6.07) is 0. The zero-order valence-electron chi connectivity index (χ0n) is 9.78. The minimum absolute atomic E-state index is 0.823. The molecule has 0 saturated heterocycles. The van der Waals surface area contributed by atoms with Crippen molar-refractivity contribution in [2.24, 2.45) is 46.8 Å². The van der Waals surface area contributed by atoms with E-state index in [1.165, 1.54) is 35.5 Å². The molecule has 0 spiro atoms. The first-order valence-electron chi connectivity index (χ1n) is 7.25. The van der Waals surface area contributed by atoms with Crippen LogP contribution in [0.5, 0.6) is 0 Å². The third-order valence-corrected chi connectivity index (χ3v) is 7.55. The summed E-state index contributed by atoms with van der Waals surface area (Å²) in [5.41, 5.74) is 0.823. The second-order valence-corrected chi connectivity index (χ2v) is 7.83. The molecule has 8 bridgehead atoms. The van der Waals surface area contributed by atoms with E-state index in [-0.39, 0.29) is 0 Å². The van der Waals surface area contributed by atoms with E-state index in [9.17, 15) is 0 Å². The molecule has 0 aromatic rings. The van der Waals surface area contributed by atoms with Gasteiger partial charge in [0.1, 0.15) is 0 Å². The van der Waals surface area contributed by atoms with E-state index in [0.717, 1.165) is 11.3 Å². The van der Waals surface area contributed by atoms with Crippen molar-refractivity contribution < 1.29 is 0 Å². The topological polar surface area (TPSA) is 0 Å². The van der Waals surface area contributed by atoms with Gasteiger partial charge in [-0.25, -0.2) is 0 Å². The molecule has 7 rings (SSSR count). The first-order chi connectivity index (χ1) is 7.25. The van der Waals surface area contributed by atoms with Crippen LogP contribution in [0.3, 0.4) is 0 Å². The summed E-state index contributed by atoms with van der Waals surface area (Å²) in [5.74, 6) is 8.27. The van der Waals surface area contributed by atoms with Crippen molar-refractivity contribution in [3.05, 3.63) is 0 Å². The van der Waals surface area contributed by atoms with Gasteiger partial charge in [-0.1, -0.05) is 6.92 Å². The molecule has 0 aromatic heterocycles. The first-order valence-corrected chi connectivity index (χ1v) is 7.25. The highest BCUT2D eigenvalue weighted by atomic mass is 14.7. The summed E-state index contributed by atoms with van der Waals surface area (Å²) in [6.45, 7) is 2.69. The fourth-order valence-corrected chi connectivity index (χ4v) is 7.43. The summed E-state index contributed by atoms with van der Waals surface area (Å²) >= 11 is 0. The van der Waals surface area contributed by atoms with E-state index in [1.807, 2.05) is 0 Å². The normalized spacial score (nSPS) is 73.0. The lowest BCUT2D eigenvalue weighted by Gasteiger charge is -2.74. The predicted octanol–water partition coefficient (Wildman–Crippen LogP) is 3.71. The summed E-state index contributed by atoms with van der Waals surface area (Å²) < 4.78 is 0. The maximum atomic E-state index is 2.69. The highest BCUT2D eigenvalue weighted by Gasteiger charge is 2.67. The van der Waals surface area contributed by atoms with Crippen LogP contribution in [0.1, 0.15) is 45.4 Å². The van der Waals surface area contributed by atoms with Crippen LogP contribution < -0.4 is 0 Å². The lowest BCUT2D eigenvalue weighted by molar-refractivity contribution is -0.248. The Kier molecular flexibility index (Phi) is 1.18. The predicted molar refractivity (Wildman–Crippen MR) is 60.2 cm³/mol. The Morgan fingerprint density at radius 1 is 0.733 bits per heavy atom. The minimum Gasteiger partial charge on any atom is -0.0591 e. The maximum Gasteiger partial charge on any atom is -0.0261 e. The van der Waals surface area contributed by atoms with Gasteiger partial charge in [0.2, 0.25) is 0 Å². The van der Waals surface area contributed by atoms with Gasteiger partial charge in [0.15, 0.2) is 0 Å². The van der Waals surface area contributed by atoms with Gasteiger partial charge in [0.05, 0.1) is 0 Å². The van der Waals surface area contributed by atoms with Crippen LogP contribution in [0.25, 0.3) is 0 Å². The van der Waals surface area contributed by atoms with E-state index < -0.39 is 0 Å². The Bertz CT molecular complexity index is 307. The Morgan fingerprint density at radius 2 is 1.33 bits per heavy atom. The number of hydrogen-bond acceptors (Lipinski definition) is 0. The molecule has 7 aliphatic rings. The Labute approximate surface area is 92.8 Å². The van der Waals surface area contributed by atoms with Gasteiger partial charge in [-0.2, -0.15) is 0 Å². The van der Waals surface area contributed by atoms with E-state index in [4.69, 9.17) is 0 Å². The Balaban J connectivity index is 1.73. The van der Waals surface area contributed by atoms with Crippen molar-refractivity contribution in [3.63, 3.8) is 0 Å². The molecule has 0 N–H and O–H groups in total. The van der Waals surface area contributed by atoms with Crippen LogP contribution in [-0.2, 0) is 0 Å². The Hall–Kier alpha value is 0. The second kappa shape index (κ2) is 2.17. The minimum atomic E-state index is 0.823. The molecule has 7 fully saturated rings. The lowest BCUT2D eigenvalue weighted by Crippen LogP contribution is -2.66. The fraction of sp³-hybridized carbons (Fsp3) is 1.00. The average Bonchev–Trinajstić information content (AvgIpc) is 2.24. The summed E-state index contributed by atoms with van der Waals surface area (Å²) in [5, 5.41) is 0. The van der Waals surface area contributed by atoms with Crippen LogP contribution in [0.4, 0.5) is 0 Å². The molecular formula is C15H22. The van der Waals surface area contributed by atoms with Gasteiger partial charge < -0.3 is 0 Å². The molecule has 0 heterocycles. The van der Waals surface area contributed by atoms with Crippen molar-refractivity contribution in [2.75, 3.05) is 0 Å². The summed E-state index contributed by atoms with van der Waals surface area (Å²) in [7, 11) is 0. The fourth-order valence-electron chi connectivity index (χ4n) is 7.43. The smallest absolute Gasteiger partial charge is 0.0261 e. The van der Waals surface area contributed by atoms with Crippen molar-refractivity contribution in [3.8, 4) is 0 Å². The zero-order chi connectivity index (χ0) is 9.78. The highest BCUT2D eigenvalue weighted by molar-refractivity contribution is 5.16. The average molecular weight is 202 g/mol. The van der Waals surface area contributed by atoms with Crippen LogP contribution in [0.2, 0.25) is 0 Å². The molecule has 7 aliphatic carbocycles. The lowest BCUT2D eigenvalue weighted by atomic mass is 9.31. The molecule has 0 aromatic carbocycles. The zero-order valence-corrected chi connectivity index (χ0v) is 9.78. The second-order valence-electron chi connectivity index (χ2n) is 7.83. The standard InChI is InChI=1S/C15H22/c1-15-7-9-3-11-10-2-8(5-13(11)15)6-14(15)12(10)4-9/h8-14H,2-7H2,1H3. The van der Waals surface area contributed by atoms with Gasteiger partial charge in [-0.05, 0) is 85.4 Å². The van der Waals surface area contributed by atoms with Gasteiger partial charge in [-0.15, -0.1) is 0 Å². The largest absolute Gasteiger partial charge is 0.0591 e. The molecule has 7 saturated carbocycles. The van der Waals surface area contributed by atoms with Crippen molar-refractivity contribution >= 4 is 0 Å². The number of rotatable bonds is 0. The van der Waals surface area contributed by atoms with Crippen LogP contribution >= 0.6 is 0 Å². The molecule has 15 heavy (non-hydrogen) atoms. The van der Waals surface area contributed by atoms with Gasteiger partial charge in [0.25, 0.3) is 0 Å². The van der Waals surface area contributed by atoms with Crippen molar-refractivity contribution in [2.45, 2.75) is 45.4 Å². The van der Waals surface area contributed by atoms with Crippen LogP contribution in [0, 0.1) is 46.8 Å².